The maximum atomic E-state index is 9.84. The van der Waals surface area contributed by atoms with E-state index in [9.17, 15) is 5.11 Å². The smallest absolute Gasteiger partial charge is 0.188 e. The van der Waals surface area contributed by atoms with Crippen molar-refractivity contribution in [1.82, 2.24) is 4.98 Å². The average molecular weight is 435 g/mol. The first-order valence-corrected chi connectivity index (χ1v) is 10.0. The molecule has 0 aliphatic carbocycles. The molecule has 1 aliphatic heterocycles. The second-order valence-corrected chi connectivity index (χ2v) is 7.61. The predicted octanol–water partition coefficient (Wildman–Crippen LogP) is 4.49. The van der Waals surface area contributed by atoms with Gasteiger partial charge in [0.05, 0.1) is 42.1 Å². The first-order valence-electron chi connectivity index (χ1n) is 8.82. The number of fused-ring (bicyclic) bond motifs is 1. The van der Waals surface area contributed by atoms with Crippen LogP contribution in [0.1, 0.15) is 4.88 Å². The Labute approximate surface area is 176 Å². The van der Waals surface area contributed by atoms with Crippen molar-refractivity contribution in [3.63, 3.8) is 0 Å². The monoisotopic (exact) mass is 434 g/mol. The van der Waals surface area contributed by atoms with Gasteiger partial charge >= 0.3 is 0 Å². The molecule has 4 rings (SSSR count). The lowest BCUT2D eigenvalue weighted by molar-refractivity contribution is 0.171. The summed E-state index contributed by atoms with van der Waals surface area (Å²) in [5.74, 6) is 2.45. The number of thiazole rings is 1. The Balaban J connectivity index is 1.68. The van der Waals surface area contributed by atoms with E-state index >= 15 is 0 Å². The minimum Gasteiger partial charge on any atom is -0.495 e. The van der Waals surface area contributed by atoms with Gasteiger partial charge in [0.2, 0.25) is 0 Å². The van der Waals surface area contributed by atoms with Crippen LogP contribution in [0.15, 0.2) is 30.3 Å². The second kappa shape index (κ2) is 8.36. The van der Waals surface area contributed by atoms with Gasteiger partial charge in [0, 0.05) is 11.6 Å². The maximum Gasteiger partial charge on any atom is 0.188 e. The zero-order valence-corrected chi connectivity index (χ0v) is 17.4. The van der Waals surface area contributed by atoms with Crippen LogP contribution in [0.5, 0.6) is 23.0 Å². The summed E-state index contributed by atoms with van der Waals surface area (Å²) < 4.78 is 21.9. The minimum atomic E-state index is -0.135. The molecule has 1 aromatic heterocycles. The van der Waals surface area contributed by atoms with Crippen LogP contribution in [0.2, 0.25) is 5.02 Å². The Morgan fingerprint density at radius 1 is 1.10 bits per heavy atom. The molecule has 2 aromatic carbocycles. The minimum absolute atomic E-state index is 0.135. The number of nitrogens with one attached hydrogen (secondary N) is 1. The van der Waals surface area contributed by atoms with Gasteiger partial charge in [-0.2, -0.15) is 0 Å². The van der Waals surface area contributed by atoms with Crippen molar-refractivity contribution in [2.24, 2.45) is 0 Å². The molecule has 7 nitrogen and oxygen atoms in total. The second-order valence-electron chi connectivity index (χ2n) is 6.12. The molecule has 2 N–H and O–H groups in total. The van der Waals surface area contributed by atoms with Gasteiger partial charge in [-0.05, 0) is 24.3 Å². The van der Waals surface area contributed by atoms with E-state index in [-0.39, 0.29) is 6.61 Å². The SMILES string of the molecule is COc1cc(OC)c(Nc2nc(-c3ccc4c(c3)OCCO4)c(CO)s2)cc1Cl. The molecule has 0 bridgehead atoms. The van der Waals surface area contributed by atoms with Crippen LogP contribution in [-0.4, -0.2) is 37.5 Å². The van der Waals surface area contributed by atoms with Crippen molar-refractivity contribution in [3.8, 4) is 34.3 Å². The Bertz CT molecular complexity index is 1040. The van der Waals surface area contributed by atoms with Gasteiger partial charge < -0.3 is 29.4 Å². The largest absolute Gasteiger partial charge is 0.495 e. The molecule has 0 radical (unpaired) electrons. The molecule has 2 heterocycles. The van der Waals surface area contributed by atoms with Crippen LogP contribution in [0.4, 0.5) is 10.8 Å². The van der Waals surface area contributed by atoms with Crippen molar-refractivity contribution in [1.29, 1.82) is 0 Å². The standard InChI is InChI=1S/C20H19ClN2O5S/c1-25-15-9-16(26-2)13(8-12(15)21)22-20-23-19(18(10-24)29-20)11-3-4-14-17(7-11)28-6-5-27-14/h3-4,7-9,24H,5-6,10H2,1-2H3,(H,22,23). The number of anilines is 2. The lowest BCUT2D eigenvalue weighted by Gasteiger charge is -2.18. The number of aliphatic hydroxyl groups is 1. The fourth-order valence-corrected chi connectivity index (χ4v) is 4.10. The fraction of sp³-hybridized carbons (Fsp3) is 0.250. The molecule has 0 fully saturated rings. The maximum absolute atomic E-state index is 9.84. The quantitative estimate of drug-likeness (QED) is 0.591. The topological polar surface area (TPSA) is 82.1 Å². The average Bonchev–Trinajstić information content (AvgIpc) is 3.16. The zero-order valence-electron chi connectivity index (χ0n) is 15.8. The summed E-state index contributed by atoms with van der Waals surface area (Å²) >= 11 is 7.60. The van der Waals surface area contributed by atoms with E-state index in [1.54, 1.807) is 26.4 Å². The van der Waals surface area contributed by atoms with Crippen LogP contribution in [0.25, 0.3) is 11.3 Å². The molecule has 0 saturated heterocycles. The lowest BCUT2D eigenvalue weighted by atomic mass is 10.1. The third-order valence-corrected chi connectivity index (χ3v) is 5.62. The van der Waals surface area contributed by atoms with Gasteiger partial charge in [-0.3, -0.25) is 0 Å². The van der Waals surface area contributed by atoms with Crippen molar-refractivity contribution >= 4 is 33.8 Å². The molecule has 29 heavy (non-hydrogen) atoms. The number of methoxy groups -OCH3 is 2. The summed E-state index contributed by atoms with van der Waals surface area (Å²) in [4.78, 5) is 5.39. The molecule has 0 spiro atoms. The molecule has 0 atom stereocenters. The van der Waals surface area contributed by atoms with Crippen molar-refractivity contribution < 1.29 is 24.1 Å². The van der Waals surface area contributed by atoms with Gasteiger partial charge in [-0.15, -0.1) is 0 Å². The Morgan fingerprint density at radius 2 is 1.86 bits per heavy atom. The number of aromatic nitrogens is 1. The van der Waals surface area contributed by atoms with E-state index in [1.165, 1.54) is 11.3 Å². The van der Waals surface area contributed by atoms with Crippen LogP contribution in [-0.2, 0) is 6.61 Å². The van der Waals surface area contributed by atoms with Crippen molar-refractivity contribution in [2.45, 2.75) is 6.61 Å². The summed E-state index contributed by atoms with van der Waals surface area (Å²) in [5, 5.41) is 14.1. The Kier molecular flexibility index (Phi) is 5.66. The van der Waals surface area contributed by atoms with E-state index < -0.39 is 0 Å². The molecule has 0 unspecified atom stereocenters. The van der Waals surface area contributed by atoms with E-state index in [0.29, 0.717) is 57.7 Å². The molecule has 152 valence electrons. The van der Waals surface area contributed by atoms with Gasteiger partial charge in [-0.25, -0.2) is 4.98 Å². The van der Waals surface area contributed by atoms with Gasteiger partial charge in [-0.1, -0.05) is 22.9 Å². The van der Waals surface area contributed by atoms with Crippen molar-refractivity contribution in [3.05, 3.63) is 40.2 Å². The molecule has 0 amide bonds. The van der Waals surface area contributed by atoms with E-state index in [2.05, 4.69) is 10.3 Å². The number of hydrogen-bond donors (Lipinski definition) is 2. The number of aliphatic hydroxyl groups excluding tert-OH is 1. The summed E-state index contributed by atoms with van der Waals surface area (Å²) in [7, 11) is 3.11. The highest BCUT2D eigenvalue weighted by Crippen LogP contribution is 2.41. The van der Waals surface area contributed by atoms with Crippen LogP contribution in [0.3, 0.4) is 0 Å². The normalized spacial score (nSPS) is 12.6. The van der Waals surface area contributed by atoms with Crippen LogP contribution >= 0.6 is 22.9 Å². The van der Waals surface area contributed by atoms with Gasteiger partial charge in [0.15, 0.2) is 16.6 Å². The van der Waals surface area contributed by atoms with E-state index in [0.717, 1.165) is 10.4 Å². The van der Waals surface area contributed by atoms with Gasteiger partial charge in [0.1, 0.15) is 24.7 Å². The molecule has 9 heteroatoms. The predicted molar refractivity (Wildman–Crippen MR) is 112 cm³/mol. The number of halogens is 1. The number of ether oxygens (including phenoxy) is 4. The summed E-state index contributed by atoms with van der Waals surface area (Å²) in [6, 6.07) is 9.04. The highest BCUT2D eigenvalue weighted by atomic mass is 35.5. The third-order valence-electron chi connectivity index (χ3n) is 4.37. The van der Waals surface area contributed by atoms with Crippen LogP contribution in [0, 0.1) is 0 Å². The molecular weight excluding hydrogens is 416 g/mol. The van der Waals surface area contributed by atoms with E-state index in [1.807, 2.05) is 18.2 Å². The Hall–Kier alpha value is -2.68. The van der Waals surface area contributed by atoms with E-state index in [4.69, 9.17) is 30.5 Å². The molecule has 1 aliphatic rings. The number of nitrogens with zero attached hydrogens (tertiary/aromatic N) is 1. The number of rotatable bonds is 6. The lowest BCUT2D eigenvalue weighted by Crippen LogP contribution is -2.15. The Morgan fingerprint density at radius 3 is 2.59 bits per heavy atom. The van der Waals surface area contributed by atoms with Gasteiger partial charge in [0.25, 0.3) is 0 Å². The fourth-order valence-electron chi connectivity index (χ4n) is 3.00. The van der Waals surface area contributed by atoms with Crippen LogP contribution < -0.4 is 24.3 Å². The molecule has 0 saturated carbocycles. The molecular formula is C20H19ClN2O5S. The summed E-state index contributed by atoms with van der Waals surface area (Å²) in [6.07, 6.45) is 0. The molecule has 3 aromatic rings. The third kappa shape index (κ3) is 3.91. The first-order chi connectivity index (χ1) is 14.1. The first kappa shape index (κ1) is 19.6. The van der Waals surface area contributed by atoms with Crippen molar-refractivity contribution in [2.75, 3.05) is 32.8 Å². The zero-order chi connectivity index (χ0) is 20.4. The highest BCUT2D eigenvalue weighted by molar-refractivity contribution is 7.16. The summed E-state index contributed by atoms with van der Waals surface area (Å²) in [5.41, 5.74) is 2.16. The summed E-state index contributed by atoms with van der Waals surface area (Å²) in [6.45, 7) is 0.903. The highest BCUT2D eigenvalue weighted by Gasteiger charge is 2.18. The number of benzene rings is 2. The number of hydrogen-bond acceptors (Lipinski definition) is 8.